The molecule has 1 unspecified atom stereocenters. The van der Waals surface area contributed by atoms with Crippen LogP contribution in [-0.4, -0.2) is 32.6 Å². The molecule has 6 heteroatoms. The average Bonchev–Trinajstić information content (AvgIpc) is 2.47. The summed E-state index contributed by atoms with van der Waals surface area (Å²) in [6.07, 6.45) is 0. The molecule has 0 aliphatic rings. The maximum atomic E-state index is 11.3. The second-order valence-corrected chi connectivity index (χ2v) is 5.16. The summed E-state index contributed by atoms with van der Waals surface area (Å²) in [6.45, 7) is 7.17. The van der Waals surface area contributed by atoms with Crippen molar-refractivity contribution >= 4 is 35.9 Å². The number of methoxy groups -OCH3 is 1. The summed E-state index contributed by atoms with van der Waals surface area (Å²) >= 11 is 0. The molecule has 0 aliphatic heterocycles. The van der Waals surface area contributed by atoms with Crippen LogP contribution >= 0.6 is 24.0 Å². The van der Waals surface area contributed by atoms with Crippen LogP contribution in [-0.2, 0) is 16.1 Å². The third-order valence-corrected chi connectivity index (χ3v) is 3.35. The Morgan fingerprint density at radius 2 is 2.00 bits per heavy atom. The van der Waals surface area contributed by atoms with E-state index >= 15 is 0 Å². The monoisotopic (exact) mass is 419 g/mol. The Labute approximate surface area is 149 Å². The van der Waals surface area contributed by atoms with Crippen molar-refractivity contribution in [2.24, 2.45) is 10.9 Å². The van der Waals surface area contributed by atoms with E-state index in [4.69, 9.17) is 4.74 Å². The number of guanidine groups is 1. The topological polar surface area (TPSA) is 62.7 Å². The highest BCUT2D eigenvalue weighted by molar-refractivity contribution is 14.0. The molecule has 0 spiro atoms. The minimum atomic E-state index is -0.229. The molecule has 0 bridgehead atoms. The summed E-state index contributed by atoms with van der Waals surface area (Å²) < 4.78 is 4.69. The third kappa shape index (κ3) is 6.64. The van der Waals surface area contributed by atoms with Crippen LogP contribution < -0.4 is 10.6 Å². The zero-order valence-electron chi connectivity index (χ0n) is 13.9. The first-order chi connectivity index (χ1) is 9.97. The van der Waals surface area contributed by atoms with Crippen molar-refractivity contribution in [1.82, 2.24) is 10.6 Å². The Hall–Kier alpha value is -1.31. The number of ether oxygens (including phenoxy) is 1. The molecular weight excluding hydrogens is 393 g/mol. The van der Waals surface area contributed by atoms with Crippen LogP contribution in [0.15, 0.2) is 23.2 Å². The van der Waals surface area contributed by atoms with E-state index in [9.17, 15) is 4.79 Å². The van der Waals surface area contributed by atoms with E-state index in [-0.39, 0.29) is 35.9 Å². The first kappa shape index (κ1) is 20.7. The van der Waals surface area contributed by atoms with Crippen LogP contribution in [0.2, 0.25) is 0 Å². The summed E-state index contributed by atoms with van der Waals surface area (Å²) in [5.74, 6) is 0.229. The van der Waals surface area contributed by atoms with Crippen LogP contribution in [0.25, 0.3) is 0 Å². The van der Waals surface area contributed by atoms with E-state index in [1.807, 2.05) is 6.92 Å². The highest BCUT2D eigenvalue weighted by Crippen LogP contribution is 2.09. The number of rotatable bonds is 5. The number of halogens is 1. The molecule has 5 nitrogen and oxygen atoms in total. The molecule has 2 N–H and O–H groups in total. The van der Waals surface area contributed by atoms with Crippen molar-refractivity contribution in [1.29, 1.82) is 0 Å². The van der Waals surface area contributed by atoms with Gasteiger partial charge in [-0.3, -0.25) is 9.79 Å². The molecule has 1 atom stereocenters. The fourth-order valence-electron chi connectivity index (χ4n) is 1.98. The molecule has 0 heterocycles. The van der Waals surface area contributed by atoms with Gasteiger partial charge in [0.25, 0.3) is 0 Å². The van der Waals surface area contributed by atoms with Gasteiger partial charge in [-0.1, -0.05) is 30.7 Å². The largest absolute Gasteiger partial charge is 0.469 e. The molecule has 1 rings (SSSR count). The molecule has 0 saturated carbocycles. The maximum Gasteiger partial charge on any atom is 0.310 e. The maximum absolute atomic E-state index is 11.3. The Balaban J connectivity index is 0.00000441. The van der Waals surface area contributed by atoms with Crippen LogP contribution in [0.3, 0.4) is 0 Å². The summed E-state index contributed by atoms with van der Waals surface area (Å²) in [7, 11) is 3.10. The molecular formula is C16H26IN3O2. The Morgan fingerprint density at radius 3 is 2.55 bits per heavy atom. The van der Waals surface area contributed by atoms with E-state index in [2.05, 4.69) is 47.7 Å². The van der Waals surface area contributed by atoms with Gasteiger partial charge in [-0.05, 0) is 25.0 Å². The highest BCUT2D eigenvalue weighted by Gasteiger charge is 2.13. The molecule has 0 amide bonds. The number of hydrogen-bond acceptors (Lipinski definition) is 3. The molecule has 0 aromatic heterocycles. The minimum absolute atomic E-state index is 0. The summed E-state index contributed by atoms with van der Waals surface area (Å²) in [6, 6.07) is 6.37. The molecule has 0 aliphatic carbocycles. The number of nitrogens with one attached hydrogen (secondary N) is 2. The molecule has 22 heavy (non-hydrogen) atoms. The predicted octanol–water partition coefficient (Wildman–Crippen LogP) is 2.40. The van der Waals surface area contributed by atoms with Crippen molar-refractivity contribution in [3.63, 3.8) is 0 Å². The third-order valence-electron chi connectivity index (χ3n) is 3.35. The standard InChI is InChI=1S/C16H25N3O2.HI/c1-11-6-7-14(12(2)8-11)10-19-16(17-4)18-9-13(3)15(20)21-5;/h6-8,13H,9-10H2,1-5H3,(H2,17,18,19);1H. The van der Waals surface area contributed by atoms with Gasteiger partial charge in [0.1, 0.15) is 0 Å². The number of esters is 1. The number of aliphatic imine (C=N–C) groups is 1. The van der Waals surface area contributed by atoms with Crippen LogP contribution in [0.4, 0.5) is 0 Å². The number of aryl methyl sites for hydroxylation is 2. The van der Waals surface area contributed by atoms with Gasteiger partial charge in [0.2, 0.25) is 0 Å². The number of hydrogen-bond donors (Lipinski definition) is 2. The van der Waals surface area contributed by atoms with E-state index in [0.717, 1.165) is 0 Å². The fourth-order valence-corrected chi connectivity index (χ4v) is 1.98. The van der Waals surface area contributed by atoms with Gasteiger partial charge in [-0.2, -0.15) is 0 Å². The van der Waals surface area contributed by atoms with Crippen molar-refractivity contribution in [3.05, 3.63) is 34.9 Å². The zero-order chi connectivity index (χ0) is 15.8. The van der Waals surface area contributed by atoms with Crippen molar-refractivity contribution in [2.75, 3.05) is 20.7 Å². The first-order valence-corrected chi connectivity index (χ1v) is 7.06. The molecule has 0 fully saturated rings. The zero-order valence-corrected chi connectivity index (χ0v) is 16.2. The van der Waals surface area contributed by atoms with Crippen molar-refractivity contribution in [3.8, 4) is 0 Å². The highest BCUT2D eigenvalue weighted by atomic mass is 127. The van der Waals surface area contributed by atoms with Crippen molar-refractivity contribution in [2.45, 2.75) is 27.3 Å². The molecule has 0 radical (unpaired) electrons. The van der Waals surface area contributed by atoms with Crippen LogP contribution in [0, 0.1) is 19.8 Å². The van der Waals surface area contributed by atoms with Gasteiger partial charge in [0.15, 0.2) is 5.96 Å². The first-order valence-electron chi connectivity index (χ1n) is 7.06. The normalized spacial score (nSPS) is 12.1. The second-order valence-electron chi connectivity index (χ2n) is 5.16. The molecule has 1 aromatic rings. The second kappa shape index (κ2) is 10.4. The predicted molar refractivity (Wildman–Crippen MR) is 101 cm³/mol. The van der Waals surface area contributed by atoms with Gasteiger partial charge in [-0.15, -0.1) is 24.0 Å². The van der Waals surface area contributed by atoms with E-state index in [0.29, 0.717) is 19.0 Å². The van der Waals surface area contributed by atoms with Gasteiger partial charge in [-0.25, -0.2) is 0 Å². The molecule has 0 saturated heterocycles. The quantitative estimate of drug-likeness (QED) is 0.333. The Kier molecular flexibility index (Phi) is 9.80. The number of carbonyl (C=O) groups excluding carboxylic acids is 1. The Bertz CT molecular complexity index is 518. The van der Waals surface area contributed by atoms with Gasteiger partial charge in [0, 0.05) is 20.1 Å². The fraction of sp³-hybridized carbons (Fsp3) is 0.500. The summed E-state index contributed by atoms with van der Waals surface area (Å²) in [4.78, 5) is 15.5. The smallest absolute Gasteiger partial charge is 0.310 e. The SMILES string of the molecule is CN=C(NCc1ccc(C)cc1C)NCC(C)C(=O)OC.I. The molecule has 1 aromatic carbocycles. The number of carbonyl (C=O) groups is 1. The average molecular weight is 419 g/mol. The lowest BCUT2D eigenvalue weighted by molar-refractivity contribution is -0.144. The van der Waals surface area contributed by atoms with Gasteiger partial charge in [0.05, 0.1) is 13.0 Å². The lowest BCUT2D eigenvalue weighted by Crippen LogP contribution is -2.40. The van der Waals surface area contributed by atoms with Crippen molar-refractivity contribution < 1.29 is 9.53 Å². The number of nitrogens with zero attached hydrogens (tertiary/aromatic N) is 1. The lowest BCUT2D eigenvalue weighted by atomic mass is 10.1. The Morgan fingerprint density at radius 1 is 1.32 bits per heavy atom. The van der Waals surface area contributed by atoms with E-state index in [1.54, 1.807) is 7.05 Å². The molecule has 124 valence electrons. The van der Waals surface area contributed by atoms with Gasteiger partial charge >= 0.3 is 5.97 Å². The summed E-state index contributed by atoms with van der Waals surface area (Å²) in [5.41, 5.74) is 3.73. The van der Waals surface area contributed by atoms with Crippen LogP contribution in [0.5, 0.6) is 0 Å². The number of benzene rings is 1. The van der Waals surface area contributed by atoms with Crippen LogP contribution in [0.1, 0.15) is 23.6 Å². The van der Waals surface area contributed by atoms with E-state index < -0.39 is 0 Å². The van der Waals surface area contributed by atoms with Gasteiger partial charge < -0.3 is 15.4 Å². The minimum Gasteiger partial charge on any atom is -0.469 e. The lowest BCUT2D eigenvalue weighted by Gasteiger charge is -2.15. The summed E-state index contributed by atoms with van der Waals surface area (Å²) in [5, 5.41) is 6.37. The van der Waals surface area contributed by atoms with E-state index in [1.165, 1.54) is 23.8 Å².